The summed E-state index contributed by atoms with van der Waals surface area (Å²) in [6.45, 7) is 9.01. The number of hydrogen-bond donors (Lipinski definition) is 3. The molecule has 0 aromatic carbocycles. The Kier molecular flexibility index (Phi) is 6.88. The highest BCUT2D eigenvalue weighted by Crippen LogP contribution is 2.24. The zero-order chi connectivity index (χ0) is 21.9. The Bertz CT molecular complexity index is 1010. The highest BCUT2D eigenvalue weighted by atomic mass is 32.2. The first-order valence-electron chi connectivity index (χ1n) is 10.3. The molecule has 3 N–H and O–H groups in total. The number of carbonyl (C=O) groups excluding carboxylic acids is 1. The summed E-state index contributed by atoms with van der Waals surface area (Å²) >= 11 is 0. The molecule has 3 heterocycles. The molecule has 2 aromatic rings. The van der Waals surface area contributed by atoms with E-state index in [0.717, 1.165) is 0 Å². The van der Waals surface area contributed by atoms with Gasteiger partial charge in [0.05, 0.1) is 12.4 Å². The molecule has 0 radical (unpaired) electrons. The first kappa shape index (κ1) is 22.4. The fraction of sp³-hybridized carbons (Fsp3) is 0.667. The van der Waals surface area contributed by atoms with Crippen LogP contribution in [-0.2, 0) is 21.5 Å². The van der Waals surface area contributed by atoms with E-state index in [2.05, 4.69) is 30.3 Å². The molecule has 0 amide bonds. The summed E-state index contributed by atoms with van der Waals surface area (Å²) in [4.78, 5) is 25.4. The van der Waals surface area contributed by atoms with E-state index >= 15 is 0 Å². The third-order valence-corrected chi connectivity index (χ3v) is 6.83. The van der Waals surface area contributed by atoms with Crippen LogP contribution < -0.4 is 15.4 Å². The summed E-state index contributed by atoms with van der Waals surface area (Å²) in [6, 6.07) is -0.480. The van der Waals surface area contributed by atoms with E-state index in [0.29, 0.717) is 62.0 Å². The molecular formula is C18H30N8O3S. The highest BCUT2D eigenvalue weighted by Gasteiger charge is 2.31. The van der Waals surface area contributed by atoms with Gasteiger partial charge in [0.1, 0.15) is 0 Å². The van der Waals surface area contributed by atoms with Crippen molar-refractivity contribution in [2.75, 3.05) is 30.3 Å². The first-order chi connectivity index (χ1) is 14.3. The van der Waals surface area contributed by atoms with Crippen LogP contribution in [0.1, 0.15) is 40.5 Å². The standard InChI is InChI=1S/C18H30N8O3S/c1-5-14(12(4)27)22-18-23-16(15-17(24-18)25(7-3)11-19-15)21-13-8-9-26(10-13)30(28,29)20-6-2/h11,13-14,20H,5-10H2,1-4H3,(H2,21,22,23,24)/t13?,14-/m1/s1. The van der Waals surface area contributed by atoms with E-state index in [1.54, 1.807) is 13.3 Å². The number of rotatable bonds is 10. The molecule has 12 heteroatoms. The number of ketones is 1. The summed E-state index contributed by atoms with van der Waals surface area (Å²) in [5.41, 5.74) is 1.28. The van der Waals surface area contributed by atoms with Crippen LogP contribution in [0.25, 0.3) is 11.2 Å². The lowest BCUT2D eigenvalue weighted by molar-refractivity contribution is -0.117. The summed E-state index contributed by atoms with van der Waals surface area (Å²) in [7, 11) is -3.47. The van der Waals surface area contributed by atoms with Crippen LogP contribution in [0.4, 0.5) is 11.8 Å². The predicted octanol–water partition coefficient (Wildman–Crippen LogP) is 0.966. The zero-order valence-corrected chi connectivity index (χ0v) is 18.7. The summed E-state index contributed by atoms with van der Waals surface area (Å²) in [5, 5.41) is 6.45. The van der Waals surface area contributed by atoms with Crippen molar-refractivity contribution >= 4 is 38.9 Å². The van der Waals surface area contributed by atoms with Crippen LogP contribution >= 0.6 is 0 Å². The van der Waals surface area contributed by atoms with Gasteiger partial charge in [0.25, 0.3) is 10.2 Å². The Morgan fingerprint density at radius 1 is 1.30 bits per heavy atom. The van der Waals surface area contributed by atoms with Crippen LogP contribution in [-0.4, -0.2) is 69.7 Å². The summed E-state index contributed by atoms with van der Waals surface area (Å²) < 4.78 is 30.4. The monoisotopic (exact) mass is 438 g/mol. The van der Waals surface area contributed by atoms with Crippen LogP contribution in [0.2, 0.25) is 0 Å². The maximum atomic E-state index is 12.3. The molecule has 3 rings (SSSR count). The van der Waals surface area contributed by atoms with Gasteiger partial charge >= 0.3 is 0 Å². The Morgan fingerprint density at radius 3 is 2.70 bits per heavy atom. The Morgan fingerprint density at radius 2 is 2.07 bits per heavy atom. The summed E-state index contributed by atoms with van der Waals surface area (Å²) in [5.74, 6) is 0.887. The SMILES string of the molecule is CCNS(=O)(=O)N1CCC(Nc2nc(N[C@H](CC)C(C)=O)nc3c2ncn3CC)C1. The van der Waals surface area contributed by atoms with Crippen LogP contribution in [0, 0.1) is 0 Å². The van der Waals surface area contributed by atoms with E-state index < -0.39 is 10.2 Å². The minimum absolute atomic E-state index is 0.0137. The molecule has 1 aliphatic heterocycles. The van der Waals surface area contributed by atoms with E-state index in [1.165, 1.54) is 11.2 Å². The number of nitrogens with zero attached hydrogens (tertiary/aromatic N) is 5. The number of hydrogen-bond acceptors (Lipinski definition) is 8. The predicted molar refractivity (Wildman–Crippen MR) is 116 cm³/mol. The molecule has 11 nitrogen and oxygen atoms in total. The average Bonchev–Trinajstić information content (AvgIpc) is 3.33. The number of imidazole rings is 1. The Labute approximate surface area is 176 Å². The molecule has 1 saturated heterocycles. The van der Waals surface area contributed by atoms with Crippen molar-refractivity contribution in [3.8, 4) is 0 Å². The average molecular weight is 439 g/mol. The molecule has 2 aromatic heterocycles. The van der Waals surface area contributed by atoms with Crippen molar-refractivity contribution < 1.29 is 13.2 Å². The van der Waals surface area contributed by atoms with Crippen molar-refractivity contribution in [3.05, 3.63) is 6.33 Å². The molecule has 30 heavy (non-hydrogen) atoms. The van der Waals surface area contributed by atoms with Crippen LogP contribution in [0.15, 0.2) is 6.33 Å². The molecule has 0 saturated carbocycles. The molecule has 0 bridgehead atoms. The fourth-order valence-electron chi connectivity index (χ4n) is 3.52. The lowest BCUT2D eigenvalue weighted by atomic mass is 10.1. The number of aryl methyl sites for hydroxylation is 1. The number of carbonyl (C=O) groups is 1. The number of fused-ring (bicyclic) bond motifs is 1. The largest absolute Gasteiger partial charge is 0.364 e. The second-order valence-electron chi connectivity index (χ2n) is 7.31. The minimum atomic E-state index is -3.47. The highest BCUT2D eigenvalue weighted by molar-refractivity contribution is 7.87. The van der Waals surface area contributed by atoms with Gasteiger partial charge in [-0.25, -0.2) is 9.71 Å². The van der Waals surface area contributed by atoms with Crippen LogP contribution in [0.3, 0.4) is 0 Å². The fourth-order valence-corrected chi connectivity index (χ4v) is 4.79. The number of Topliss-reactive ketones (excluding diaryl/α,β-unsaturated/α-hetero) is 1. The number of aromatic nitrogens is 4. The van der Waals surface area contributed by atoms with Crippen molar-refractivity contribution in [1.29, 1.82) is 0 Å². The maximum Gasteiger partial charge on any atom is 0.279 e. The van der Waals surface area contributed by atoms with Gasteiger partial charge in [0.2, 0.25) is 5.95 Å². The summed E-state index contributed by atoms with van der Waals surface area (Å²) in [6.07, 6.45) is 2.97. The Hall–Kier alpha value is -2.31. The van der Waals surface area contributed by atoms with E-state index in [1.807, 2.05) is 18.4 Å². The number of nitrogens with one attached hydrogen (secondary N) is 3. The molecule has 0 spiro atoms. The van der Waals surface area contributed by atoms with Gasteiger partial charge in [-0.3, -0.25) is 4.79 Å². The van der Waals surface area contributed by atoms with Crippen LogP contribution in [0.5, 0.6) is 0 Å². The second-order valence-corrected chi connectivity index (χ2v) is 9.06. The first-order valence-corrected chi connectivity index (χ1v) is 11.7. The maximum absolute atomic E-state index is 12.3. The van der Waals surface area contributed by atoms with Gasteiger partial charge in [-0.05, 0) is 26.7 Å². The van der Waals surface area contributed by atoms with Gasteiger partial charge in [0, 0.05) is 32.2 Å². The normalized spacial score (nSPS) is 18.6. The number of anilines is 2. The molecule has 2 atom stereocenters. The zero-order valence-electron chi connectivity index (χ0n) is 17.8. The lowest BCUT2D eigenvalue weighted by Gasteiger charge is -2.18. The molecule has 1 unspecified atom stereocenters. The van der Waals surface area contributed by atoms with Gasteiger partial charge < -0.3 is 15.2 Å². The quantitative estimate of drug-likeness (QED) is 0.499. The molecule has 1 fully saturated rings. The molecule has 0 aliphatic carbocycles. The van der Waals surface area contributed by atoms with Crippen molar-refractivity contribution in [2.24, 2.45) is 0 Å². The van der Waals surface area contributed by atoms with Gasteiger partial charge in [-0.1, -0.05) is 13.8 Å². The topological polar surface area (TPSA) is 134 Å². The van der Waals surface area contributed by atoms with Gasteiger partial charge in [-0.15, -0.1) is 0 Å². The van der Waals surface area contributed by atoms with Gasteiger partial charge in [0.15, 0.2) is 22.8 Å². The molecule has 166 valence electrons. The molecule has 1 aliphatic rings. The lowest BCUT2D eigenvalue weighted by Crippen LogP contribution is -2.40. The second kappa shape index (κ2) is 9.23. The van der Waals surface area contributed by atoms with E-state index in [9.17, 15) is 13.2 Å². The van der Waals surface area contributed by atoms with Crippen molar-refractivity contribution in [3.63, 3.8) is 0 Å². The molecular weight excluding hydrogens is 408 g/mol. The van der Waals surface area contributed by atoms with E-state index in [4.69, 9.17) is 0 Å². The minimum Gasteiger partial charge on any atom is -0.364 e. The van der Waals surface area contributed by atoms with Gasteiger partial charge in [-0.2, -0.15) is 22.7 Å². The van der Waals surface area contributed by atoms with Crippen molar-refractivity contribution in [1.82, 2.24) is 28.5 Å². The third-order valence-electron chi connectivity index (χ3n) is 5.17. The van der Waals surface area contributed by atoms with E-state index in [-0.39, 0.29) is 17.9 Å². The van der Waals surface area contributed by atoms with Crippen molar-refractivity contribution in [2.45, 2.75) is 59.2 Å². The smallest absolute Gasteiger partial charge is 0.279 e. The third kappa shape index (κ3) is 4.71. The Balaban J connectivity index is 1.87.